The maximum atomic E-state index is 13.4. The molecule has 0 heterocycles. The van der Waals surface area contributed by atoms with Gasteiger partial charge in [0.05, 0.1) is 5.41 Å². The van der Waals surface area contributed by atoms with E-state index in [2.05, 4.69) is 0 Å². The van der Waals surface area contributed by atoms with Gasteiger partial charge < -0.3 is 0 Å². The van der Waals surface area contributed by atoms with E-state index in [1.54, 1.807) is 12.1 Å². The summed E-state index contributed by atoms with van der Waals surface area (Å²) >= 11 is 0. The van der Waals surface area contributed by atoms with Crippen LogP contribution in [-0.4, -0.2) is 6.18 Å². The lowest BCUT2D eigenvalue weighted by Crippen LogP contribution is -2.34. The zero-order valence-corrected chi connectivity index (χ0v) is 13.9. The Balaban J connectivity index is 3.66. The second-order valence-corrected chi connectivity index (χ2v) is 6.84. The highest BCUT2D eigenvalue weighted by molar-refractivity contribution is 5.42. The zero-order chi connectivity index (χ0) is 18.4. The Morgan fingerprint density at radius 3 is 1.67 bits per heavy atom. The van der Waals surface area contributed by atoms with Crippen molar-refractivity contribution in [2.75, 3.05) is 0 Å². The van der Waals surface area contributed by atoms with E-state index in [1.807, 2.05) is 34.6 Å². The molecular weight excluding hydrogens is 273 g/mol. The van der Waals surface area contributed by atoms with Gasteiger partial charge in [0.1, 0.15) is 0 Å². The molecule has 1 aromatic rings. The van der Waals surface area contributed by atoms with Crippen molar-refractivity contribution < 1.29 is 15.9 Å². The van der Waals surface area contributed by atoms with Crippen molar-refractivity contribution in [1.29, 1.82) is 0 Å². The summed E-state index contributed by atoms with van der Waals surface area (Å²) < 4.78 is 56.6. The Morgan fingerprint density at radius 2 is 1.38 bits per heavy atom. The van der Waals surface area contributed by atoms with E-state index >= 15 is 0 Å². The Bertz CT molecular complexity index is 541. The lowest BCUT2D eigenvalue weighted by molar-refractivity contribution is -0.211. The Morgan fingerprint density at radius 1 is 1.00 bits per heavy atom. The molecule has 0 radical (unpaired) electrons. The number of hydrogen-bond donors (Lipinski definition) is 0. The molecule has 21 heavy (non-hydrogen) atoms. The summed E-state index contributed by atoms with van der Waals surface area (Å²) in [5, 5.41) is 0. The third-order valence-corrected chi connectivity index (χ3v) is 3.90. The van der Waals surface area contributed by atoms with Gasteiger partial charge in [0.25, 0.3) is 0 Å². The van der Waals surface area contributed by atoms with Gasteiger partial charge in [0.15, 0.2) is 0 Å². The Kier molecular flexibility index (Phi) is 4.28. The van der Waals surface area contributed by atoms with Gasteiger partial charge in [-0.25, -0.2) is 0 Å². The topological polar surface area (TPSA) is 0 Å². The second kappa shape index (κ2) is 6.02. The third-order valence-electron chi connectivity index (χ3n) is 3.90. The minimum atomic E-state index is -4.63. The summed E-state index contributed by atoms with van der Waals surface area (Å²) in [6.07, 6.45) is -7.14. The van der Waals surface area contributed by atoms with Crippen molar-refractivity contribution in [3.8, 4) is 0 Å². The summed E-state index contributed by atoms with van der Waals surface area (Å²) in [6.45, 7) is 11.7. The van der Waals surface area contributed by atoms with Crippen molar-refractivity contribution >= 4 is 0 Å². The van der Waals surface area contributed by atoms with Gasteiger partial charge in [-0.05, 0) is 47.4 Å². The summed E-state index contributed by atoms with van der Waals surface area (Å²) in [7, 11) is 0. The van der Waals surface area contributed by atoms with Crippen LogP contribution in [0.1, 0.15) is 78.4 Å². The first kappa shape index (κ1) is 14.9. The normalized spacial score (nSPS) is 15.4. The maximum Gasteiger partial charge on any atom is 0.394 e. The summed E-state index contributed by atoms with van der Waals surface area (Å²) in [5.74, 6) is 0.245. The SMILES string of the molecule is [2H]C([2H])(c1cc(C(C)C)c(C)c(C(C)C)c1)C(C)(C)C(F)(F)F. The lowest BCUT2D eigenvalue weighted by atomic mass is 9.81. The molecule has 1 rings (SSSR count). The number of hydrogen-bond acceptors (Lipinski definition) is 0. The molecule has 0 nitrogen and oxygen atoms in total. The van der Waals surface area contributed by atoms with E-state index in [0.717, 1.165) is 30.5 Å². The molecule has 0 N–H and O–H groups in total. The number of alkyl halides is 3. The van der Waals surface area contributed by atoms with E-state index in [1.165, 1.54) is 0 Å². The number of rotatable bonds is 4. The minimum absolute atomic E-state index is 0.109. The lowest BCUT2D eigenvalue weighted by Gasteiger charge is -2.29. The van der Waals surface area contributed by atoms with E-state index < -0.39 is 18.0 Å². The molecule has 0 unspecified atom stereocenters. The standard InChI is InChI=1S/C18H27F3/c1-11(2)15-8-14(9-16(12(3)4)13(15)5)10-17(6,7)18(19,20)21/h8-9,11-12H,10H2,1-7H3/i10D2. The van der Waals surface area contributed by atoms with Gasteiger partial charge in [0, 0.05) is 2.74 Å². The smallest absolute Gasteiger partial charge is 0.171 e. The molecule has 0 aliphatic carbocycles. The quantitative estimate of drug-likeness (QED) is 0.606. The molecule has 0 bridgehead atoms. The molecule has 0 amide bonds. The van der Waals surface area contributed by atoms with Crippen LogP contribution >= 0.6 is 0 Å². The van der Waals surface area contributed by atoms with Crippen LogP contribution in [0.3, 0.4) is 0 Å². The van der Waals surface area contributed by atoms with Crippen LogP contribution in [0, 0.1) is 12.3 Å². The van der Waals surface area contributed by atoms with Crippen LogP contribution in [0.4, 0.5) is 13.2 Å². The second-order valence-electron chi connectivity index (χ2n) is 6.84. The number of benzene rings is 1. The van der Waals surface area contributed by atoms with Crippen LogP contribution in [0.25, 0.3) is 0 Å². The first-order valence-corrected chi connectivity index (χ1v) is 7.36. The molecule has 0 saturated heterocycles. The predicted octanol–water partition coefficient (Wildman–Crippen LogP) is 6.37. The van der Waals surface area contributed by atoms with Crippen LogP contribution in [0.2, 0.25) is 0 Å². The number of halogens is 3. The molecule has 3 heteroatoms. The van der Waals surface area contributed by atoms with Gasteiger partial charge in [-0.2, -0.15) is 13.2 Å². The summed E-state index contributed by atoms with van der Waals surface area (Å²) in [6, 6.07) is 3.22. The van der Waals surface area contributed by atoms with Crippen LogP contribution in [-0.2, 0) is 6.37 Å². The van der Waals surface area contributed by atoms with Crippen molar-refractivity contribution in [3.05, 3.63) is 34.4 Å². The Hall–Kier alpha value is -0.990. The van der Waals surface area contributed by atoms with Crippen molar-refractivity contribution in [1.82, 2.24) is 0 Å². The molecule has 0 aliphatic heterocycles. The molecule has 0 aromatic heterocycles. The molecule has 1 aromatic carbocycles. The molecule has 0 spiro atoms. The molecule has 0 aliphatic rings. The fourth-order valence-electron chi connectivity index (χ4n) is 2.46. The van der Waals surface area contributed by atoms with Gasteiger partial charge >= 0.3 is 6.18 Å². The van der Waals surface area contributed by atoms with E-state index in [9.17, 15) is 13.2 Å². The van der Waals surface area contributed by atoms with E-state index in [0.29, 0.717) is 0 Å². The fourth-order valence-corrected chi connectivity index (χ4v) is 2.46. The van der Waals surface area contributed by atoms with Gasteiger partial charge in [0.2, 0.25) is 0 Å². The van der Waals surface area contributed by atoms with Gasteiger partial charge in [-0.15, -0.1) is 0 Å². The van der Waals surface area contributed by atoms with Crippen LogP contribution in [0.15, 0.2) is 12.1 Å². The average molecular weight is 302 g/mol. The van der Waals surface area contributed by atoms with Crippen molar-refractivity contribution in [3.63, 3.8) is 0 Å². The van der Waals surface area contributed by atoms with E-state index in [-0.39, 0.29) is 17.4 Å². The van der Waals surface area contributed by atoms with Crippen LogP contribution < -0.4 is 0 Å². The van der Waals surface area contributed by atoms with E-state index in [4.69, 9.17) is 2.74 Å². The zero-order valence-electron chi connectivity index (χ0n) is 15.9. The average Bonchev–Trinajstić information content (AvgIpc) is 2.36. The minimum Gasteiger partial charge on any atom is -0.171 e. The van der Waals surface area contributed by atoms with Gasteiger partial charge in [-0.1, -0.05) is 53.7 Å². The van der Waals surface area contributed by atoms with Gasteiger partial charge in [-0.3, -0.25) is 0 Å². The summed E-state index contributed by atoms with van der Waals surface area (Å²) in [5.41, 5.74) is 0.496. The molecule has 120 valence electrons. The Labute approximate surface area is 129 Å². The largest absolute Gasteiger partial charge is 0.394 e. The molecular formula is C18H27F3. The fraction of sp³-hybridized carbons (Fsp3) is 0.667. The van der Waals surface area contributed by atoms with Crippen LogP contribution in [0.5, 0.6) is 0 Å². The summed E-state index contributed by atoms with van der Waals surface area (Å²) in [4.78, 5) is 0. The highest BCUT2D eigenvalue weighted by Gasteiger charge is 2.47. The maximum absolute atomic E-state index is 13.4. The first-order valence-electron chi connectivity index (χ1n) is 8.36. The highest BCUT2D eigenvalue weighted by Crippen LogP contribution is 2.41. The predicted molar refractivity (Wildman–Crippen MR) is 82.9 cm³/mol. The molecule has 0 saturated carbocycles. The van der Waals surface area contributed by atoms with Crippen molar-refractivity contribution in [2.45, 2.75) is 72.9 Å². The molecule has 0 fully saturated rings. The first-order chi connectivity index (χ1) is 10.1. The third kappa shape index (κ3) is 4.02. The highest BCUT2D eigenvalue weighted by atomic mass is 19.4. The molecule has 0 atom stereocenters. The monoisotopic (exact) mass is 302 g/mol. The van der Waals surface area contributed by atoms with Crippen molar-refractivity contribution in [2.24, 2.45) is 5.41 Å².